The second-order valence-corrected chi connectivity index (χ2v) is 7.69. The summed E-state index contributed by atoms with van der Waals surface area (Å²) in [5, 5.41) is 21.9. The van der Waals surface area contributed by atoms with Gasteiger partial charge in [0.2, 0.25) is 0 Å². The van der Waals surface area contributed by atoms with Crippen molar-refractivity contribution in [1.29, 1.82) is 10.5 Å². The summed E-state index contributed by atoms with van der Waals surface area (Å²) in [7, 11) is 0. The van der Waals surface area contributed by atoms with Crippen LogP contribution in [0.1, 0.15) is 48.8 Å². The molecule has 1 amide bonds. The SMILES string of the molecule is N#C/C(=C\c1cc(Cl)ccc1OCc1ccc(C#N)cc1)C(=O)NC1CCCCC1. The molecule has 3 rings (SSSR count). The molecule has 1 N–H and O–H groups in total. The summed E-state index contributed by atoms with van der Waals surface area (Å²) < 4.78 is 5.90. The van der Waals surface area contributed by atoms with E-state index >= 15 is 0 Å². The van der Waals surface area contributed by atoms with Crippen molar-refractivity contribution in [3.05, 3.63) is 69.8 Å². The molecule has 5 nitrogen and oxygen atoms in total. The van der Waals surface area contributed by atoms with Crippen LogP contribution in [0.2, 0.25) is 5.02 Å². The van der Waals surface area contributed by atoms with Gasteiger partial charge in [-0.1, -0.05) is 43.0 Å². The van der Waals surface area contributed by atoms with E-state index in [-0.39, 0.29) is 24.1 Å². The third-order valence-electron chi connectivity index (χ3n) is 5.05. The highest BCUT2D eigenvalue weighted by Gasteiger charge is 2.18. The third-order valence-corrected chi connectivity index (χ3v) is 5.29. The molecule has 0 radical (unpaired) electrons. The molecule has 0 spiro atoms. The Labute approximate surface area is 181 Å². The minimum absolute atomic E-state index is 0.0195. The quantitative estimate of drug-likeness (QED) is 0.518. The number of ether oxygens (including phenoxy) is 1. The van der Waals surface area contributed by atoms with E-state index in [4.69, 9.17) is 21.6 Å². The lowest BCUT2D eigenvalue weighted by molar-refractivity contribution is -0.117. The van der Waals surface area contributed by atoms with Crippen molar-refractivity contribution in [3.63, 3.8) is 0 Å². The molecule has 0 atom stereocenters. The Morgan fingerprint density at radius 3 is 2.53 bits per heavy atom. The number of rotatable bonds is 6. The third kappa shape index (κ3) is 5.86. The zero-order valence-electron chi connectivity index (χ0n) is 16.5. The van der Waals surface area contributed by atoms with E-state index in [0.29, 0.717) is 21.9 Å². The highest BCUT2D eigenvalue weighted by Crippen LogP contribution is 2.26. The summed E-state index contributed by atoms with van der Waals surface area (Å²) in [5.41, 5.74) is 2.06. The lowest BCUT2D eigenvalue weighted by Crippen LogP contribution is -2.36. The van der Waals surface area contributed by atoms with Gasteiger partial charge in [-0.15, -0.1) is 0 Å². The standard InChI is InChI=1S/C24H22ClN3O2/c25-21-10-11-23(30-16-18-8-6-17(14-26)7-9-18)19(13-21)12-20(15-27)24(29)28-22-4-2-1-3-5-22/h6-13,22H,1-5,16H2,(H,28,29)/b20-12+. The van der Waals surface area contributed by atoms with E-state index < -0.39 is 0 Å². The first kappa shape index (κ1) is 21.4. The monoisotopic (exact) mass is 419 g/mol. The number of carbonyl (C=O) groups is 1. The van der Waals surface area contributed by atoms with Gasteiger partial charge in [0.25, 0.3) is 5.91 Å². The van der Waals surface area contributed by atoms with Crippen LogP contribution in [0.25, 0.3) is 6.08 Å². The summed E-state index contributed by atoms with van der Waals surface area (Å²) in [6, 6.07) is 16.4. The van der Waals surface area contributed by atoms with Crippen LogP contribution in [0.4, 0.5) is 0 Å². The van der Waals surface area contributed by atoms with E-state index in [1.807, 2.05) is 18.2 Å². The molecule has 0 saturated heterocycles. The Balaban J connectivity index is 1.76. The zero-order valence-corrected chi connectivity index (χ0v) is 17.3. The summed E-state index contributed by atoms with van der Waals surface area (Å²) in [6.07, 6.45) is 6.78. The lowest BCUT2D eigenvalue weighted by atomic mass is 9.95. The summed E-state index contributed by atoms with van der Waals surface area (Å²) in [4.78, 5) is 12.6. The van der Waals surface area contributed by atoms with Crippen LogP contribution in [-0.2, 0) is 11.4 Å². The number of halogens is 1. The van der Waals surface area contributed by atoms with Gasteiger partial charge in [-0.25, -0.2) is 0 Å². The minimum Gasteiger partial charge on any atom is -0.488 e. The van der Waals surface area contributed by atoms with Gasteiger partial charge in [0.1, 0.15) is 24.0 Å². The number of benzene rings is 2. The summed E-state index contributed by atoms with van der Waals surface area (Å²) in [5.74, 6) is 0.143. The van der Waals surface area contributed by atoms with Crippen molar-refractivity contribution in [1.82, 2.24) is 5.32 Å². The Kier molecular flexibility index (Phi) is 7.49. The molecule has 1 fully saturated rings. The zero-order chi connectivity index (χ0) is 21.3. The molecule has 1 saturated carbocycles. The molecule has 0 bridgehead atoms. The Morgan fingerprint density at radius 2 is 1.87 bits per heavy atom. The first-order valence-electron chi connectivity index (χ1n) is 9.93. The highest BCUT2D eigenvalue weighted by molar-refractivity contribution is 6.30. The van der Waals surface area contributed by atoms with Crippen LogP contribution in [0, 0.1) is 22.7 Å². The van der Waals surface area contributed by atoms with E-state index in [1.54, 1.807) is 30.3 Å². The van der Waals surface area contributed by atoms with Gasteiger partial charge in [-0.05, 0) is 54.8 Å². The largest absolute Gasteiger partial charge is 0.488 e. The van der Waals surface area contributed by atoms with Crippen LogP contribution in [0.5, 0.6) is 5.75 Å². The van der Waals surface area contributed by atoms with Crippen molar-refractivity contribution in [2.45, 2.75) is 44.8 Å². The minimum atomic E-state index is -0.373. The van der Waals surface area contributed by atoms with E-state index in [0.717, 1.165) is 31.2 Å². The Bertz CT molecular complexity index is 1010. The second-order valence-electron chi connectivity index (χ2n) is 7.26. The van der Waals surface area contributed by atoms with Gasteiger partial charge in [0, 0.05) is 16.6 Å². The number of nitrogens with one attached hydrogen (secondary N) is 1. The molecular weight excluding hydrogens is 398 g/mol. The first-order valence-corrected chi connectivity index (χ1v) is 10.3. The fraction of sp³-hybridized carbons (Fsp3) is 0.292. The van der Waals surface area contributed by atoms with E-state index in [2.05, 4.69) is 11.4 Å². The van der Waals surface area contributed by atoms with E-state index in [9.17, 15) is 10.1 Å². The fourth-order valence-electron chi connectivity index (χ4n) is 3.41. The lowest BCUT2D eigenvalue weighted by Gasteiger charge is -2.22. The molecule has 30 heavy (non-hydrogen) atoms. The molecule has 6 heteroatoms. The molecule has 152 valence electrons. The van der Waals surface area contributed by atoms with Gasteiger partial charge in [-0.3, -0.25) is 4.79 Å². The number of carbonyl (C=O) groups excluding carboxylic acids is 1. The molecule has 1 aliphatic carbocycles. The van der Waals surface area contributed by atoms with Crippen LogP contribution in [0.3, 0.4) is 0 Å². The molecular formula is C24H22ClN3O2. The normalized spacial score (nSPS) is 14.4. The Morgan fingerprint density at radius 1 is 1.13 bits per heavy atom. The van der Waals surface area contributed by atoms with Crippen LogP contribution in [0.15, 0.2) is 48.0 Å². The second kappa shape index (κ2) is 10.5. The van der Waals surface area contributed by atoms with Crippen LogP contribution < -0.4 is 10.1 Å². The van der Waals surface area contributed by atoms with Crippen molar-refractivity contribution < 1.29 is 9.53 Å². The van der Waals surface area contributed by atoms with Gasteiger partial charge in [-0.2, -0.15) is 10.5 Å². The molecule has 1 aliphatic rings. The molecule has 0 aliphatic heterocycles. The highest BCUT2D eigenvalue weighted by atomic mass is 35.5. The fourth-order valence-corrected chi connectivity index (χ4v) is 3.59. The van der Waals surface area contributed by atoms with Crippen LogP contribution in [-0.4, -0.2) is 11.9 Å². The van der Waals surface area contributed by atoms with Crippen molar-refractivity contribution in [2.24, 2.45) is 0 Å². The predicted octanol–water partition coefficient (Wildman–Crippen LogP) is 5.15. The number of nitrogens with zero attached hydrogens (tertiary/aromatic N) is 2. The molecule has 0 heterocycles. The van der Waals surface area contributed by atoms with Crippen molar-refractivity contribution in [2.75, 3.05) is 0 Å². The first-order chi connectivity index (χ1) is 14.6. The Hall–Kier alpha value is -3.28. The molecule has 0 unspecified atom stereocenters. The number of amides is 1. The van der Waals surface area contributed by atoms with Gasteiger partial charge in [0.15, 0.2) is 0 Å². The topological polar surface area (TPSA) is 85.9 Å². The number of hydrogen-bond acceptors (Lipinski definition) is 4. The molecule has 0 aromatic heterocycles. The smallest absolute Gasteiger partial charge is 0.262 e. The average molecular weight is 420 g/mol. The summed E-state index contributed by atoms with van der Waals surface area (Å²) >= 11 is 6.13. The van der Waals surface area contributed by atoms with Crippen LogP contribution >= 0.6 is 11.6 Å². The molecule has 2 aromatic rings. The van der Waals surface area contributed by atoms with Gasteiger partial charge >= 0.3 is 0 Å². The molecule has 2 aromatic carbocycles. The average Bonchev–Trinajstić information content (AvgIpc) is 2.77. The number of hydrogen-bond donors (Lipinski definition) is 1. The maximum absolute atomic E-state index is 12.6. The summed E-state index contributed by atoms with van der Waals surface area (Å²) in [6.45, 7) is 0.282. The maximum atomic E-state index is 12.6. The van der Waals surface area contributed by atoms with Crippen molar-refractivity contribution >= 4 is 23.6 Å². The predicted molar refractivity (Wildman–Crippen MR) is 116 cm³/mol. The van der Waals surface area contributed by atoms with Gasteiger partial charge < -0.3 is 10.1 Å². The van der Waals surface area contributed by atoms with Gasteiger partial charge in [0.05, 0.1) is 11.6 Å². The maximum Gasteiger partial charge on any atom is 0.262 e. The van der Waals surface area contributed by atoms with Crippen molar-refractivity contribution in [3.8, 4) is 17.9 Å². The number of nitriles is 2. The van der Waals surface area contributed by atoms with E-state index in [1.165, 1.54) is 12.5 Å².